The van der Waals surface area contributed by atoms with Crippen LogP contribution in [0.4, 0.5) is 4.39 Å². The molecule has 8 heteroatoms. The third-order valence-corrected chi connectivity index (χ3v) is 3.80. The number of amides is 2. The highest BCUT2D eigenvalue weighted by Crippen LogP contribution is 2.17. The van der Waals surface area contributed by atoms with Crippen LogP contribution in [0.3, 0.4) is 0 Å². The van der Waals surface area contributed by atoms with E-state index in [1.807, 2.05) is 0 Å². The number of carbonyl (C=O) groups is 3. The van der Waals surface area contributed by atoms with Gasteiger partial charge in [0.2, 0.25) is 5.91 Å². The van der Waals surface area contributed by atoms with Crippen molar-refractivity contribution in [2.45, 2.75) is 13.5 Å². The van der Waals surface area contributed by atoms with Crippen molar-refractivity contribution in [2.24, 2.45) is 0 Å². The Morgan fingerprint density at radius 3 is 2.43 bits per heavy atom. The van der Waals surface area contributed by atoms with E-state index in [2.05, 4.69) is 5.32 Å². The number of hydrogen-bond acceptors (Lipinski definition) is 4. The van der Waals surface area contributed by atoms with Gasteiger partial charge in [-0.1, -0.05) is 24.3 Å². The third-order valence-electron chi connectivity index (χ3n) is 3.80. The van der Waals surface area contributed by atoms with E-state index >= 15 is 0 Å². The quantitative estimate of drug-likeness (QED) is 0.686. The molecule has 0 unspecified atom stereocenters. The molecule has 2 aromatic rings. The number of nitrogens with one attached hydrogen (secondary N) is 1. The van der Waals surface area contributed by atoms with Gasteiger partial charge in [0.1, 0.15) is 18.1 Å². The second-order valence-electron chi connectivity index (χ2n) is 5.88. The van der Waals surface area contributed by atoms with Crippen LogP contribution in [0.1, 0.15) is 22.8 Å². The largest absolute Gasteiger partial charge is 0.493 e. The first-order chi connectivity index (χ1) is 13.4. The Balaban J connectivity index is 2.03. The van der Waals surface area contributed by atoms with Gasteiger partial charge in [0.25, 0.3) is 5.91 Å². The Labute approximate surface area is 161 Å². The van der Waals surface area contributed by atoms with Crippen molar-refractivity contribution < 1.29 is 28.6 Å². The van der Waals surface area contributed by atoms with E-state index in [1.54, 1.807) is 31.2 Å². The van der Waals surface area contributed by atoms with Gasteiger partial charge in [0.15, 0.2) is 0 Å². The van der Waals surface area contributed by atoms with Crippen molar-refractivity contribution in [1.82, 2.24) is 10.2 Å². The van der Waals surface area contributed by atoms with Crippen molar-refractivity contribution in [2.75, 3.05) is 19.7 Å². The SMILES string of the molecule is CCOc1ccccc1C(=O)NCC(=O)N(CC(=O)O)Cc1ccc(F)cc1. The first kappa shape index (κ1) is 20.9. The van der Waals surface area contributed by atoms with Crippen LogP contribution in [-0.4, -0.2) is 47.5 Å². The Morgan fingerprint density at radius 2 is 1.79 bits per heavy atom. The number of hydrogen-bond donors (Lipinski definition) is 2. The van der Waals surface area contributed by atoms with Crippen LogP contribution >= 0.6 is 0 Å². The van der Waals surface area contributed by atoms with Crippen molar-refractivity contribution in [1.29, 1.82) is 0 Å². The van der Waals surface area contributed by atoms with Gasteiger partial charge in [0, 0.05) is 6.54 Å². The minimum atomic E-state index is -1.19. The number of benzene rings is 2. The smallest absolute Gasteiger partial charge is 0.323 e. The zero-order chi connectivity index (χ0) is 20.5. The lowest BCUT2D eigenvalue weighted by molar-refractivity contribution is -0.144. The van der Waals surface area contributed by atoms with E-state index in [0.29, 0.717) is 17.9 Å². The Bertz CT molecular complexity index is 839. The lowest BCUT2D eigenvalue weighted by Crippen LogP contribution is -2.42. The van der Waals surface area contributed by atoms with E-state index in [0.717, 1.165) is 4.90 Å². The number of carboxylic acids is 1. The maximum Gasteiger partial charge on any atom is 0.323 e. The molecular weight excluding hydrogens is 367 g/mol. The molecule has 28 heavy (non-hydrogen) atoms. The Hall–Kier alpha value is -3.42. The number of ether oxygens (including phenoxy) is 1. The molecule has 2 rings (SSSR count). The predicted molar refractivity (Wildman–Crippen MR) is 99.4 cm³/mol. The highest BCUT2D eigenvalue weighted by atomic mass is 19.1. The molecule has 0 aliphatic heterocycles. The molecule has 0 aliphatic carbocycles. The van der Waals surface area contributed by atoms with Crippen LogP contribution in [0.15, 0.2) is 48.5 Å². The second kappa shape index (κ2) is 10.1. The van der Waals surface area contributed by atoms with Gasteiger partial charge in [-0.2, -0.15) is 0 Å². The molecule has 0 aromatic heterocycles. The van der Waals surface area contributed by atoms with E-state index in [1.165, 1.54) is 24.3 Å². The maximum absolute atomic E-state index is 13.0. The summed E-state index contributed by atoms with van der Waals surface area (Å²) in [7, 11) is 0. The molecule has 148 valence electrons. The summed E-state index contributed by atoms with van der Waals surface area (Å²) in [5.74, 6) is -2.31. The standard InChI is InChI=1S/C20H21FN2O5/c1-2-28-17-6-4-3-5-16(17)20(27)22-11-18(24)23(13-19(25)26)12-14-7-9-15(21)10-8-14/h3-10H,2,11-13H2,1H3,(H,22,27)(H,25,26). The maximum atomic E-state index is 13.0. The fourth-order valence-electron chi connectivity index (χ4n) is 2.50. The average Bonchev–Trinajstić information content (AvgIpc) is 2.67. The zero-order valence-corrected chi connectivity index (χ0v) is 15.4. The van der Waals surface area contributed by atoms with Crippen LogP contribution < -0.4 is 10.1 Å². The fourth-order valence-corrected chi connectivity index (χ4v) is 2.50. The van der Waals surface area contributed by atoms with Gasteiger partial charge in [-0.15, -0.1) is 0 Å². The number of aliphatic carboxylic acids is 1. The average molecular weight is 388 g/mol. The molecule has 0 bridgehead atoms. The van der Waals surface area contributed by atoms with E-state index in [-0.39, 0.29) is 18.7 Å². The Morgan fingerprint density at radius 1 is 1.11 bits per heavy atom. The van der Waals surface area contributed by atoms with Crippen molar-refractivity contribution in [3.63, 3.8) is 0 Å². The highest BCUT2D eigenvalue weighted by Gasteiger charge is 2.19. The summed E-state index contributed by atoms with van der Waals surface area (Å²) < 4.78 is 18.4. The van der Waals surface area contributed by atoms with Gasteiger partial charge >= 0.3 is 5.97 Å². The molecule has 0 aliphatic rings. The molecule has 0 fully saturated rings. The van der Waals surface area contributed by atoms with E-state index in [4.69, 9.17) is 9.84 Å². The molecular formula is C20H21FN2O5. The lowest BCUT2D eigenvalue weighted by atomic mass is 10.2. The number of halogens is 1. The van der Waals surface area contributed by atoms with Crippen LogP contribution in [0, 0.1) is 5.82 Å². The summed E-state index contributed by atoms with van der Waals surface area (Å²) in [4.78, 5) is 37.0. The van der Waals surface area contributed by atoms with Crippen molar-refractivity contribution in [3.05, 3.63) is 65.5 Å². The Kier molecular flexibility index (Phi) is 7.50. The molecule has 2 N–H and O–H groups in total. The molecule has 0 atom stereocenters. The van der Waals surface area contributed by atoms with Gasteiger partial charge in [0.05, 0.1) is 18.7 Å². The van der Waals surface area contributed by atoms with Gasteiger partial charge < -0.3 is 20.1 Å². The first-order valence-corrected chi connectivity index (χ1v) is 8.64. The minimum absolute atomic E-state index is 0.0170. The number of carboxylic acid groups (broad SMARTS) is 1. The van der Waals surface area contributed by atoms with E-state index < -0.39 is 30.1 Å². The summed E-state index contributed by atoms with van der Waals surface area (Å²) in [5.41, 5.74) is 0.851. The second-order valence-corrected chi connectivity index (χ2v) is 5.88. The number of nitrogens with zero attached hydrogens (tertiary/aromatic N) is 1. The number of carbonyl (C=O) groups excluding carboxylic acids is 2. The van der Waals surface area contributed by atoms with Crippen LogP contribution in [0.5, 0.6) is 5.75 Å². The summed E-state index contributed by atoms with van der Waals surface area (Å²) in [6.45, 7) is 1.23. The highest BCUT2D eigenvalue weighted by molar-refractivity contribution is 5.98. The van der Waals surface area contributed by atoms with E-state index in [9.17, 15) is 18.8 Å². The van der Waals surface area contributed by atoms with Gasteiger partial charge in [-0.25, -0.2) is 4.39 Å². The molecule has 0 saturated heterocycles. The van der Waals surface area contributed by atoms with Gasteiger partial charge in [-0.3, -0.25) is 14.4 Å². The van der Waals surface area contributed by atoms with Crippen LogP contribution in [0.25, 0.3) is 0 Å². The molecule has 0 radical (unpaired) electrons. The summed E-state index contributed by atoms with van der Waals surface area (Å²) in [6.07, 6.45) is 0. The molecule has 0 spiro atoms. The fraction of sp³-hybridized carbons (Fsp3) is 0.250. The number of para-hydroxylation sites is 1. The van der Waals surface area contributed by atoms with Crippen molar-refractivity contribution in [3.8, 4) is 5.75 Å². The molecule has 0 saturated carbocycles. The summed E-state index contributed by atoms with van der Waals surface area (Å²) >= 11 is 0. The van der Waals surface area contributed by atoms with Gasteiger partial charge in [-0.05, 0) is 36.8 Å². The van der Waals surface area contributed by atoms with Crippen LogP contribution in [-0.2, 0) is 16.1 Å². The first-order valence-electron chi connectivity index (χ1n) is 8.64. The normalized spacial score (nSPS) is 10.2. The number of rotatable bonds is 9. The van der Waals surface area contributed by atoms with Crippen molar-refractivity contribution >= 4 is 17.8 Å². The summed E-state index contributed by atoms with van der Waals surface area (Å²) in [5, 5.41) is 11.5. The molecule has 2 aromatic carbocycles. The third kappa shape index (κ3) is 6.08. The summed E-state index contributed by atoms with van der Waals surface area (Å²) in [6, 6.07) is 12.0. The molecule has 7 nitrogen and oxygen atoms in total. The zero-order valence-electron chi connectivity index (χ0n) is 15.4. The monoisotopic (exact) mass is 388 g/mol. The minimum Gasteiger partial charge on any atom is -0.493 e. The molecule has 2 amide bonds. The van der Waals surface area contributed by atoms with Crippen LogP contribution in [0.2, 0.25) is 0 Å². The topological polar surface area (TPSA) is 95.9 Å². The lowest BCUT2D eigenvalue weighted by Gasteiger charge is -2.21. The predicted octanol–water partition coefficient (Wildman–Crippen LogP) is 2.07. The molecule has 0 heterocycles.